The van der Waals surface area contributed by atoms with Crippen LogP contribution in [0.5, 0.6) is 0 Å². The lowest BCUT2D eigenvalue weighted by atomic mass is 10.1. The predicted octanol–water partition coefficient (Wildman–Crippen LogP) is 7.50. The van der Waals surface area contributed by atoms with Gasteiger partial charge in [-0.2, -0.15) is 0 Å². The Morgan fingerprint density at radius 3 is 2.67 bits per heavy atom. The highest BCUT2D eigenvalue weighted by Crippen LogP contribution is 2.32. The van der Waals surface area contributed by atoms with E-state index in [1.165, 1.54) is 40.9 Å². The zero-order valence-electron chi connectivity index (χ0n) is 18.3. The lowest BCUT2D eigenvalue weighted by Crippen LogP contribution is -2.15. The molecule has 4 aromatic rings. The van der Waals surface area contributed by atoms with Gasteiger partial charge in [0.25, 0.3) is 0 Å². The third-order valence-electron chi connectivity index (χ3n) is 4.96. The molecule has 4 rings (SSSR count). The topological polar surface area (TPSA) is 54.4 Å². The van der Waals surface area contributed by atoms with Gasteiger partial charge in [0, 0.05) is 17.5 Å². The summed E-state index contributed by atoms with van der Waals surface area (Å²) in [7, 11) is 0. The van der Waals surface area contributed by atoms with Gasteiger partial charge in [0.05, 0.1) is 26.7 Å². The van der Waals surface area contributed by atoms with E-state index in [-0.39, 0.29) is 17.2 Å². The van der Waals surface area contributed by atoms with Gasteiger partial charge >= 0.3 is 0 Å². The molecular weight excluding hydrogens is 477 g/mol. The summed E-state index contributed by atoms with van der Waals surface area (Å²) in [5, 5.41) is 3.33. The molecule has 3 aromatic carbocycles. The normalized spacial score (nSPS) is 11.4. The minimum atomic E-state index is -0.418. The first-order valence-corrected chi connectivity index (χ1v) is 12.4. The Morgan fingerprint density at radius 1 is 1.18 bits per heavy atom. The van der Waals surface area contributed by atoms with E-state index >= 15 is 0 Å². The fourth-order valence-electron chi connectivity index (χ4n) is 3.49. The summed E-state index contributed by atoms with van der Waals surface area (Å²) in [6.07, 6.45) is 1.43. The molecule has 0 saturated heterocycles. The summed E-state index contributed by atoms with van der Waals surface area (Å²) in [4.78, 5) is 21.5. The van der Waals surface area contributed by atoms with Crippen molar-refractivity contribution < 1.29 is 9.18 Å². The smallest absolute Gasteiger partial charge is 0.234 e. The largest absolute Gasteiger partial charge is 0.325 e. The Kier molecular flexibility index (Phi) is 7.12. The molecule has 1 N–H and O–H groups in total. The Balaban J connectivity index is 1.43. The van der Waals surface area contributed by atoms with Crippen molar-refractivity contribution in [2.45, 2.75) is 25.1 Å². The van der Waals surface area contributed by atoms with Crippen molar-refractivity contribution in [2.24, 2.45) is 4.99 Å². The molecule has 0 aliphatic rings. The first-order chi connectivity index (χ1) is 15.8. The molecule has 0 fully saturated rings. The third-order valence-corrected chi connectivity index (χ3v) is 7.45. The fraction of sp³-hybridized carbons (Fsp3) is 0.160. The molecule has 0 unspecified atom stereocenters. The van der Waals surface area contributed by atoms with Crippen LogP contribution in [0.3, 0.4) is 0 Å². The van der Waals surface area contributed by atoms with Crippen molar-refractivity contribution >= 4 is 68.4 Å². The molecule has 0 spiro atoms. The minimum absolute atomic E-state index is 0.0682. The standard InChI is InChI=1S/C25H21ClFN3OS2/c1-14-9-15(2)24(16(3)10-14)30-23(31)13-32-25-29-21-8-7-17(11-22(21)33-25)28-12-18-19(26)5-4-6-20(18)27/h4-12H,13H2,1-3H3,(H,30,31). The highest BCUT2D eigenvalue weighted by atomic mass is 35.5. The van der Waals surface area contributed by atoms with Crippen LogP contribution in [0.15, 0.2) is 57.9 Å². The molecule has 1 amide bonds. The fourth-order valence-corrected chi connectivity index (χ4v) is 5.60. The number of halogens is 2. The van der Waals surface area contributed by atoms with Crippen LogP contribution in [0.1, 0.15) is 22.3 Å². The van der Waals surface area contributed by atoms with Crippen LogP contribution in [0.2, 0.25) is 5.02 Å². The van der Waals surface area contributed by atoms with Crippen molar-refractivity contribution in [3.8, 4) is 0 Å². The van der Waals surface area contributed by atoms with Crippen LogP contribution in [0.4, 0.5) is 15.8 Å². The third kappa shape index (κ3) is 5.61. The van der Waals surface area contributed by atoms with E-state index in [4.69, 9.17) is 11.6 Å². The molecule has 4 nitrogen and oxygen atoms in total. The minimum Gasteiger partial charge on any atom is -0.325 e. The lowest BCUT2D eigenvalue weighted by Gasteiger charge is -2.12. The van der Waals surface area contributed by atoms with Crippen molar-refractivity contribution in [1.82, 2.24) is 4.98 Å². The number of carbonyl (C=O) groups excluding carboxylic acids is 1. The van der Waals surface area contributed by atoms with Crippen LogP contribution in [0, 0.1) is 26.6 Å². The number of benzene rings is 3. The summed E-state index contributed by atoms with van der Waals surface area (Å²) in [6.45, 7) is 6.04. The van der Waals surface area contributed by atoms with Gasteiger partial charge in [0.2, 0.25) is 5.91 Å². The molecule has 168 valence electrons. The van der Waals surface area contributed by atoms with Crippen molar-refractivity contribution in [2.75, 3.05) is 11.1 Å². The second kappa shape index (κ2) is 10.0. The summed E-state index contributed by atoms with van der Waals surface area (Å²) in [6, 6.07) is 14.2. The average Bonchev–Trinajstić information content (AvgIpc) is 3.17. The van der Waals surface area contributed by atoms with Crippen LogP contribution < -0.4 is 5.32 Å². The van der Waals surface area contributed by atoms with E-state index in [2.05, 4.69) is 27.4 Å². The van der Waals surface area contributed by atoms with Crippen molar-refractivity contribution in [3.63, 3.8) is 0 Å². The number of thiazole rings is 1. The lowest BCUT2D eigenvalue weighted by molar-refractivity contribution is -0.113. The maximum atomic E-state index is 13.9. The number of carbonyl (C=O) groups is 1. The van der Waals surface area contributed by atoms with E-state index in [0.29, 0.717) is 10.7 Å². The van der Waals surface area contributed by atoms with Gasteiger partial charge in [-0.1, -0.05) is 47.1 Å². The number of hydrogen-bond acceptors (Lipinski definition) is 5. The van der Waals surface area contributed by atoms with E-state index in [1.54, 1.807) is 12.1 Å². The Morgan fingerprint density at radius 2 is 1.94 bits per heavy atom. The summed E-state index contributed by atoms with van der Waals surface area (Å²) in [5.41, 5.74) is 5.90. The van der Waals surface area contributed by atoms with Crippen LogP contribution in [-0.4, -0.2) is 22.9 Å². The molecule has 0 saturated carbocycles. The molecule has 0 atom stereocenters. The van der Waals surface area contributed by atoms with Gasteiger partial charge < -0.3 is 5.32 Å². The van der Waals surface area contributed by atoms with Gasteiger partial charge in [0.1, 0.15) is 5.82 Å². The van der Waals surface area contributed by atoms with Gasteiger partial charge in [-0.05, 0) is 62.2 Å². The Labute approximate surface area is 204 Å². The zero-order valence-corrected chi connectivity index (χ0v) is 20.7. The molecule has 0 aliphatic carbocycles. The van der Waals surface area contributed by atoms with E-state index < -0.39 is 5.82 Å². The van der Waals surface area contributed by atoms with Gasteiger partial charge in [-0.3, -0.25) is 9.79 Å². The number of fused-ring (bicyclic) bond motifs is 1. The summed E-state index contributed by atoms with van der Waals surface area (Å²) < 4.78 is 15.7. The SMILES string of the molecule is Cc1cc(C)c(NC(=O)CSc2nc3ccc(N=Cc4c(F)cccc4Cl)cc3s2)c(C)c1. The number of hydrogen-bond donors (Lipinski definition) is 1. The number of thioether (sulfide) groups is 1. The molecule has 1 aromatic heterocycles. The maximum Gasteiger partial charge on any atom is 0.234 e. The summed E-state index contributed by atoms with van der Waals surface area (Å²) in [5.74, 6) is -0.219. The first-order valence-electron chi connectivity index (χ1n) is 10.2. The van der Waals surface area contributed by atoms with E-state index in [0.717, 1.165) is 31.4 Å². The first kappa shape index (κ1) is 23.4. The van der Waals surface area contributed by atoms with E-state index in [9.17, 15) is 9.18 Å². The molecule has 0 bridgehead atoms. The molecule has 1 heterocycles. The number of rotatable bonds is 6. The maximum absolute atomic E-state index is 13.9. The Hall–Kier alpha value is -2.74. The zero-order chi connectivity index (χ0) is 23.5. The number of aliphatic imine (C=N–C) groups is 1. The quantitative estimate of drug-likeness (QED) is 0.222. The number of anilines is 1. The highest BCUT2D eigenvalue weighted by molar-refractivity contribution is 8.01. The second-order valence-electron chi connectivity index (χ2n) is 7.64. The van der Waals surface area contributed by atoms with Gasteiger partial charge in [0.15, 0.2) is 4.34 Å². The highest BCUT2D eigenvalue weighted by Gasteiger charge is 2.11. The van der Waals surface area contributed by atoms with Crippen LogP contribution in [0.25, 0.3) is 10.2 Å². The molecule has 0 aliphatic heterocycles. The Bertz CT molecular complexity index is 1340. The monoisotopic (exact) mass is 497 g/mol. The van der Waals surface area contributed by atoms with Crippen molar-refractivity contribution in [3.05, 3.63) is 81.6 Å². The number of aryl methyl sites for hydroxylation is 3. The second-order valence-corrected chi connectivity index (χ2v) is 10.3. The molecule has 0 radical (unpaired) electrons. The van der Waals surface area contributed by atoms with Crippen molar-refractivity contribution in [1.29, 1.82) is 0 Å². The van der Waals surface area contributed by atoms with Gasteiger partial charge in [-0.15, -0.1) is 11.3 Å². The predicted molar refractivity (Wildman–Crippen MR) is 138 cm³/mol. The molecule has 33 heavy (non-hydrogen) atoms. The average molecular weight is 498 g/mol. The molecule has 8 heteroatoms. The summed E-state index contributed by atoms with van der Waals surface area (Å²) >= 11 is 8.95. The van der Waals surface area contributed by atoms with E-state index in [1.807, 2.05) is 39.0 Å². The molecular formula is C25H21ClFN3OS2. The van der Waals surface area contributed by atoms with Gasteiger partial charge in [-0.25, -0.2) is 9.37 Å². The number of nitrogens with one attached hydrogen (secondary N) is 1. The number of aromatic nitrogens is 1. The number of nitrogens with zero attached hydrogens (tertiary/aromatic N) is 2. The van der Waals surface area contributed by atoms with Crippen LogP contribution >= 0.6 is 34.7 Å². The van der Waals surface area contributed by atoms with Crippen LogP contribution in [-0.2, 0) is 4.79 Å². The number of amides is 1.